The predicted molar refractivity (Wildman–Crippen MR) is 137 cm³/mol. The number of nitrogens with zero attached hydrogens (tertiary/aromatic N) is 4. The van der Waals surface area contributed by atoms with Crippen molar-refractivity contribution in [2.75, 3.05) is 29.7 Å². The number of hydrogen-bond acceptors (Lipinski definition) is 4. The van der Waals surface area contributed by atoms with Gasteiger partial charge in [-0.25, -0.2) is 10.0 Å². The molecule has 0 radical (unpaired) electrons. The van der Waals surface area contributed by atoms with E-state index in [2.05, 4.69) is 27.9 Å². The number of hydrogen-bond donors (Lipinski definition) is 0. The lowest BCUT2D eigenvalue weighted by Gasteiger charge is -2.35. The summed E-state index contributed by atoms with van der Waals surface area (Å²) in [5.74, 6) is -0.0608. The average Bonchev–Trinajstić information content (AvgIpc) is 3.04. The van der Waals surface area contributed by atoms with Gasteiger partial charge in [0.15, 0.2) is 0 Å². The fourth-order valence-corrected chi connectivity index (χ4v) is 5.02. The SMILES string of the molecule is CCC1CN(c2ccc(Br)cc2)N=C1C(=O)N(c1ccc(Cl)cc1Cl)N1CCCCCC1. The highest BCUT2D eigenvalue weighted by molar-refractivity contribution is 9.10. The van der Waals surface area contributed by atoms with Crippen LogP contribution in [0.1, 0.15) is 39.0 Å². The molecule has 0 aliphatic carbocycles. The number of carbonyl (C=O) groups excluding carboxylic acids is 1. The van der Waals surface area contributed by atoms with Crippen molar-refractivity contribution in [3.63, 3.8) is 0 Å². The Balaban J connectivity index is 1.71. The van der Waals surface area contributed by atoms with Crippen molar-refractivity contribution in [1.29, 1.82) is 0 Å². The van der Waals surface area contributed by atoms with Crippen LogP contribution in [0.2, 0.25) is 10.0 Å². The molecule has 8 heteroatoms. The Morgan fingerprint density at radius 3 is 2.41 bits per heavy atom. The molecule has 1 atom stereocenters. The van der Waals surface area contributed by atoms with Crippen LogP contribution in [0.25, 0.3) is 0 Å². The highest BCUT2D eigenvalue weighted by Gasteiger charge is 2.37. The second-order valence-electron chi connectivity index (χ2n) is 8.23. The standard InChI is InChI=1S/C24H27BrCl2N4O/c1-2-17-16-30(20-10-7-18(25)8-11-20)28-23(17)24(32)31(29-13-5-3-4-6-14-29)22-12-9-19(26)15-21(22)27/h7-12,15,17H,2-6,13-14,16H2,1H3. The third kappa shape index (κ3) is 5.14. The molecule has 2 aromatic rings. The third-order valence-electron chi connectivity index (χ3n) is 6.04. The van der Waals surface area contributed by atoms with E-state index in [4.69, 9.17) is 28.3 Å². The second-order valence-corrected chi connectivity index (χ2v) is 9.99. The summed E-state index contributed by atoms with van der Waals surface area (Å²) in [4.78, 5) is 14.0. The lowest BCUT2D eigenvalue weighted by atomic mass is 10.00. The first-order chi connectivity index (χ1) is 15.5. The molecule has 0 aromatic heterocycles. The molecular weight excluding hydrogens is 511 g/mol. The number of carbonyl (C=O) groups is 1. The van der Waals surface area contributed by atoms with E-state index in [0.29, 0.717) is 28.0 Å². The second kappa shape index (κ2) is 10.6. The molecule has 2 aromatic carbocycles. The third-order valence-corrected chi connectivity index (χ3v) is 7.11. The first kappa shape index (κ1) is 23.6. The Morgan fingerprint density at radius 2 is 1.78 bits per heavy atom. The molecule has 170 valence electrons. The van der Waals surface area contributed by atoms with Crippen molar-refractivity contribution in [2.45, 2.75) is 39.0 Å². The largest absolute Gasteiger partial charge is 0.289 e. The Hall–Kier alpha value is -1.60. The molecule has 32 heavy (non-hydrogen) atoms. The van der Waals surface area contributed by atoms with Gasteiger partial charge >= 0.3 is 0 Å². The topological polar surface area (TPSA) is 39.2 Å². The number of amides is 1. The van der Waals surface area contributed by atoms with E-state index in [0.717, 1.165) is 42.5 Å². The Morgan fingerprint density at radius 1 is 1.09 bits per heavy atom. The number of rotatable bonds is 5. The summed E-state index contributed by atoms with van der Waals surface area (Å²) in [5, 5.41) is 11.6. The fraction of sp³-hybridized carbons (Fsp3) is 0.417. The first-order valence-corrected chi connectivity index (χ1v) is 12.7. The Labute approximate surface area is 208 Å². The van der Waals surface area contributed by atoms with E-state index in [9.17, 15) is 4.79 Å². The van der Waals surface area contributed by atoms with E-state index in [1.54, 1.807) is 17.1 Å². The van der Waals surface area contributed by atoms with E-state index in [1.807, 2.05) is 35.3 Å². The van der Waals surface area contributed by atoms with Crippen LogP contribution in [0.4, 0.5) is 11.4 Å². The van der Waals surface area contributed by atoms with Crippen molar-refractivity contribution < 1.29 is 4.79 Å². The van der Waals surface area contributed by atoms with Gasteiger partial charge in [-0.3, -0.25) is 9.80 Å². The Kier molecular flexibility index (Phi) is 7.77. The quantitative estimate of drug-likeness (QED) is 0.422. The molecule has 0 saturated carbocycles. The molecule has 0 bridgehead atoms. The number of benzene rings is 2. The summed E-state index contributed by atoms with van der Waals surface area (Å²) in [6.07, 6.45) is 5.26. The maximum atomic E-state index is 14.0. The molecule has 1 unspecified atom stereocenters. The van der Waals surface area contributed by atoms with E-state index in [-0.39, 0.29) is 11.8 Å². The van der Waals surface area contributed by atoms with Gasteiger partial charge in [-0.1, -0.05) is 58.9 Å². The van der Waals surface area contributed by atoms with Gasteiger partial charge in [-0.2, -0.15) is 5.10 Å². The highest BCUT2D eigenvalue weighted by atomic mass is 79.9. The summed E-state index contributed by atoms with van der Waals surface area (Å²) >= 11 is 16.2. The molecular formula is C24H27BrCl2N4O. The molecule has 2 aliphatic rings. The van der Waals surface area contributed by atoms with Crippen molar-refractivity contribution in [1.82, 2.24) is 5.01 Å². The van der Waals surface area contributed by atoms with Crippen LogP contribution < -0.4 is 10.0 Å². The highest BCUT2D eigenvalue weighted by Crippen LogP contribution is 2.33. The van der Waals surface area contributed by atoms with Gasteiger partial charge in [-0.15, -0.1) is 0 Å². The smallest absolute Gasteiger partial charge is 0.266 e. The summed E-state index contributed by atoms with van der Waals surface area (Å²) < 4.78 is 1.01. The van der Waals surface area contributed by atoms with Crippen LogP contribution >= 0.6 is 39.1 Å². The van der Waals surface area contributed by atoms with E-state index >= 15 is 0 Å². The number of halogens is 3. The molecule has 0 spiro atoms. The van der Waals surface area contributed by atoms with E-state index in [1.165, 1.54) is 12.8 Å². The van der Waals surface area contributed by atoms with E-state index < -0.39 is 0 Å². The summed E-state index contributed by atoms with van der Waals surface area (Å²) in [6.45, 7) is 4.40. The zero-order chi connectivity index (χ0) is 22.7. The molecule has 0 N–H and O–H groups in total. The zero-order valence-electron chi connectivity index (χ0n) is 18.1. The molecule has 5 nitrogen and oxygen atoms in total. The fourth-order valence-electron chi connectivity index (χ4n) is 4.27. The van der Waals surface area contributed by atoms with Crippen molar-refractivity contribution in [3.05, 3.63) is 57.0 Å². The monoisotopic (exact) mass is 536 g/mol. The Bertz CT molecular complexity index is 990. The summed E-state index contributed by atoms with van der Waals surface area (Å²) in [5.41, 5.74) is 2.20. The summed E-state index contributed by atoms with van der Waals surface area (Å²) in [7, 11) is 0. The number of hydrazone groups is 1. The van der Waals surface area contributed by atoms with Gasteiger partial charge in [0.25, 0.3) is 5.91 Å². The van der Waals surface area contributed by atoms with Crippen LogP contribution in [-0.4, -0.2) is 36.3 Å². The minimum Gasteiger partial charge on any atom is -0.266 e. The maximum Gasteiger partial charge on any atom is 0.289 e. The maximum absolute atomic E-state index is 14.0. The minimum absolute atomic E-state index is 0.0479. The van der Waals surface area contributed by atoms with Gasteiger partial charge < -0.3 is 0 Å². The molecule has 1 fully saturated rings. The summed E-state index contributed by atoms with van der Waals surface area (Å²) in [6, 6.07) is 13.3. The van der Waals surface area contributed by atoms with Crippen molar-refractivity contribution in [2.24, 2.45) is 11.0 Å². The van der Waals surface area contributed by atoms with Crippen molar-refractivity contribution >= 4 is 62.1 Å². The van der Waals surface area contributed by atoms with Crippen LogP contribution in [0, 0.1) is 5.92 Å². The molecule has 1 amide bonds. The molecule has 1 saturated heterocycles. The van der Waals surface area contributed by atoms with Crippen molar-refractivity contribution in [3.8, 4) is 0 Å². The van der Waals surface area contributed by atoms with Gasteiger partial charge in [0.2, 0.25) is 0 Å². The van der Waals surface area contributed by atoms with Gasteiger partial charge in [0, 0.05) is 28.5 Å². The molecule has 2 aliphatic heterocycles. The van der Waals surface area contributed by atoms with Gasteiger partial charge in [0.05, 0.1) is 22.9 Å². The number of hydrazine groups is 1. The van der Waals surface area contributed by atoms with Crippen LogP contribution in [0.3, 0.4) is 0 Å². The lowest BCUT2D eigenvalue weighted by molar-refractivity contribution is -0.115. The zero-order valence-corrected chi connectivity index (χ0v) is 21.2. The number of anilines is 2. The van der Waals surface area contributed by atoms with Gasteiger partial charge in [0.1, 0.15) is 5.71 Å². The molecule has 2 heterocycles. The normalized spacial score (nSPS) is 19.6. The predicted octanol–water partition coefficient (Wildman–Crippen LogP) is 6.78. The first-order valence-electron chi connectivity index (χ1n) is 11.1. The lowest BCUT2D eigenvalue weighted by Crippen LogP contribution is -2.51. The van der Waals surface area contributed by atoms with Crippen LogP contribution in [0.15, 0.2) is 52.0 Å². The minimum atomic E-state index is -0.109. The van der Waals surface area contributed by atoms with Gasteiger partial charge in [-0.05, 0) is 61.7 Å². The molecule has 4 rings (SSSR count). The van der Waals surface area contributed by atoms with Crippen LogP contribution in [0.5, 0.6) is 0 Å². The average molecular weight is 538 g/mol. The van der Waals surface area contributed by atoms with Crippen LogP contribution in [-0.2, 0) is 4.79 Å².